The van der Waals surface area contributed by atoms with E-state index in [0.29, 0.717) is 6.54 Å². The normalized spacial score (nSPS) is 11.8. The smallest absolute Gasteiger partial charge is 0.215 e. The van der Waals surface area contributed by atoms with E-state index in [1.54, 1.807) is 0 Å². The van der Waals surface area contributed by atoms with Gasteiger partial charge in [-0.3, -0.25) is 4.40 Å². The maximum absolute atomic E-state index is 5.66. The van der Waals surface area contributed by atoms with E-state index in [-0.39, 0.29) is 0 Å². The standard InChI is InChI=1S/C13H15BrN4/c1-8-4-3-5-9-11(8)16-13-17(2)10(6-7-15)12(14)18(9)13/h3-5H,6-7,15H2,1-2H3. The van der Waals surface area contributed by atoms with E-state index in [0.717, 1.165) is 27.8 Å². The van der Waals surface area contributed by atoms with Crippen LogP contribution in [0.15, 0.2) is 22.8 Å². The molecule has 2 heterocycles. The van der Waals surface area contributed by atoms with Gasteiger partial charge < -0.3 is 10.3 Å². The second-order valence-electron chi connectivity index (χ2n) is 4.53. The van der Waals surface area contributed by atoms with Gasteiger partial charge in [0.25, 0.3) is 0 Å². The minimum Gasteiger partial charge on any atom is -0.330 e. The predicted octanol–water partition coefficient (Wildman–Crippen LogP) is 2.40. The summed E-state index contributed by atoms with van der Waals surface area (Å²) in [5.74, 6) is 0.953. The number of rotatable bonds is 2. The van der Waals surface area contributed by atoms with Gasteiger partial charge in [-0.2, -0.15) is 0 Å². The van der Waals surface area contributed by atoms with E-state index < -0.39 is 0 Å². The summed E-state index contributed by atoms with van der Waals surface area (Å²) < 4.78 is 5.31. The zero-order valence-electron chi connectivity index (χ0n) is 10.4. The van der Waals surface area contributed by atoms with Crippen LogP contribution in [-0.4, -0.2) is 20.5 Å². The van der Waals surface area contributed by atoms with E-state index in [1.807, 2.05) is 7.05 Å². The summed E-state index contributed by atoms with van der Waals surface area (Å²) in [6.45, 7) is 2.72. The number of imidazole rings is 2. The van der Waals surface area contributed by atoms with Crippen LogP contribution in [0, 0.1) is 6.92 Å². The maximum atomic E-state index is 5.66. The van der Waals surface area contributed by atoms with E-state index in [4.69, 9.17) is 10.7 Å². The zero-order valence-corrected chi connectivity index (χ0v) is 12.0. The molecule has 0 spiro atoms. The Hall–Kier alpha value is -1.33. The van der Waals surface area contributed by atoms with Crippen LogP contribution in [0.5, 0.6) is 0 Å². The third-order valence-electron chi connectivity index (χ3n) is 3.39. The van der Waals surface area contributed by atoms with Crippen LogP contribution in [0.4, 0.5) is 0 Å². The van der Waals surface area contributed by atoms with Gasteiger partial charge in [-0.05, 0) is 41.0 Å². The van der Waals surface area contributed by atoms with Crippen molar-refractivity contribution >= 4 is 32.7 Å². The SMILES string of the molecule is Cc1cccc2c1nc1n(C)c(CCN)c(Br)n21. The number of aryl methyl sites for hydroxylation is 2. The van der Waals surface area contributed by atoms with Crippen molar-refractivity contribution in [3.05, 3.63) is 34.1 Å². The third-order valence-corrected chi connectivity index (χ3v) is 4.20. The number of benzene rings is 1. The number of aromatic nitrogens is 3. The van der Waals surface area contributed by atoms with Crippen LogP contribution >= 0.6 is 15.9 Å². The molecule has 0 bridgehead atoms. The highest BCUT2D eigenvalue weighted by molar-refractivity contribution is 9.10. The summed E-state index contributed by atoms with van der Waals surface area (Å²) in [5.41, 5.74) is 10.2. The Labute approximate surface area is 114 Å². The maximum Gasteiger partial charge on any atom is 0.215 e. The number of halogens is 1. The summed E-state index contributed by atoms with van der Waals surface area (Å²) in [5, 5.41) is 0. The Kier molecular flexibility index (Phi) is 2.68. The molecular weight excluding hydrogens is 292 g/mol. The molecule has 0 aliphatic heterocycles. The van der Waals surface area contributed by atoms with Crippen LogP contribution in [-0.2, 0) is 13.5 Å². The molecule has 0 atom stereocenters. The lowest BCUT2D eigenvalue weighted by Gasteiger charge is -2.01. The lowest BCUT2D eigenvalue weighted by molar-refractivity contribution is 0.816. The molecule has 0 saturated carbocycles. The molecule has 5 heteroatoms. The lowest BCUT2D eigenvalue weighted by atomic mass is 10.2. The molecular formula is C13H15BrN4. The van der Waals surface area contributed by atoms with Crippen molar-refractivity contribution in [3.63, 3.8) is 0 Å². The number of para-hydroxylation sites is 1. The topological polar surface area (TPSA) is 48.2 Å². The van der Waals surface area contributed by atoms with Gasteiger partial charge >= 0.3 is 0 Å². The zero-order chi connectivity index (χ0) is 12.9. The van der Waals surface area contributed by atoms with Crippen molar-refractivity contribution in [3.8, 4) is 0 Å². The van der Waals surface area contributed by atoms with E-state index in [9.17, 15) is 0 Å². The molecule has 0 amide bonds. The lowest BCUT2D eigenvalue weighted by Crippen LogP contribution is -2.07. The largest absolute Gasteiger partial charge is 0.330 e. The Bertz CT molecular complexity index is 738. The van der Waals surface area contributed by atoms with Crippen LogP contribution in [0.3, 0.4) is 0 Å². The molecule has 0 aliphatic rings. The molecule has 2 aromatic heterocycles. The summed E-state index contributed by atoms with van der Waals surface area (Å²) in [7, 11) is 2.03. The van der Waals surface area contributed by atoms with Crippen molar-refractivity contribution in [2.45, 2.75) is 13.3 Å². The second kappa shape index (κ2) is 4.10. The molecule has 0 radical (unpaired) electrons. The van der Waals surface area contributed by atoms with Gasteiger partial charge in [0.15, 0.2) is 0 Å². The minimum absolute atomic E-state index is 0.635. The fourth-order valence-corrected chi connectivity index (χ4v) is 3.26. The molecule has 0 unspecified atom stereocenters. The summed E-state index contributed by atoms with van der Waals surface area (Å²) >= 11 is 3.68. The minimum atomic E-state index is 0.635. The number of fused-ring (bicyclic) bond motifs is 3. The Balaban J connectivity index is 2.45. The molecule has 0 saturated heterocycles. The van der Waals surface area contributed by atoms with Crippen molar-refractivity contribution in [2.75, 3.05) is 6.54 Å². The summed E-state index contributed by atoms with van der Waals surface area (Å²) in [6.07, 6.45) is 0.841. The average Bonchev–Trinajstić information content (AvgIpc) is 2.84. The van der Waals surface area contributed by atoms with Gasteiger partial charge in [0.2, 0.25) is 5.78 Å². The summed E-state index contributed by atoms with van der Waals surface area (Å²) in [4.78, 5) is 4.73. The quantitative estimate of drug-likeness (QED) is 0.790. The van der Waals surface area contributed by atoms with E-state index >= 15 is 0 Å². The van der Waals surface area contributed by atoms with Crippen LogP contribution < -0.4 is 5.73 Å². The first kappa shape index (κ1) is 11.7. The monoisotopic (exact) mass is 306 g/mol. The highest BCUT2D eigenvalue weighted by Gasteiger charge is 2.17. The number of hydrogen-bond acceptors (Lipinski definition) is 2. The molecule has 3 aromatic rings. The highest BCUT2D eigenvalue weighted by atomic mass is 79.9. The van der Waals surface area contributed by atoms with Crippen molar-refractivity contribution in [1.82, 2.24) is 14.0 Å². The summed E-state index contributed by atoms with van der Waals surface area (Å²) in [6, 6.07) is 6.25. The van der Waals surface area contributed by atoms with E-state index in [2.05, 4.69) is 50.0 Å². The third kappa shape index (κ3) is 1.44. The van der Waals surface area contributed by atoms with Gasteiger partial charge in [-0.1, -0.05) is 12.1 Å². The second-order valence-corrected chi connectivity index (χ2v) is 5.28. The van der Waals surface area contributed by atoms with Crippen LogP contribution in [0.2, 0.25) is 0 Å². The fraction of sp³-hybridized carbons (Fsp3) is 0.308. The molecule has 0 aliphatic carbocycles. The van der Waals surface area contributed by atoms with Gasteiger partial charge in [0.05, 0.1) is 16.7 Å². The molecule has 4 nitrogen and oxygen atoms in total. The first-order valence-corrected chi connectivity index (χ1v) is 6.75. The molecule has 1 aromatic carbocycles. The Morgan fingerprint density at radius 3 is 2.89 bits per heavy atom. The molecule has 0 fully saturated rings. The Morgan fingerprint density at radius 1 is 1.39 bits per heavy atom. The van der Waals surface area contributed by atoms with E-state index in [1.165, 1.54) is 11.3 Å². The molecule has 94 valence electrons. The van der Waals surface area contributed by atoms with Gasteiger partial charge in [0.1, 0.15) is 4.60 Å². The highest BCUT2D eigenvalue weighted by Crippen LogP contribution is 2.28. The van der Waals surface area contributed by atoms with Gasteiger partial charge in [-0.25, -0.2) is 4.98 Å². The molecule has 3 rings (SSSR count). The van der Waals surface area contributed by atoms with Crippen LogP contribution in [0.1, 0.15) is 11.3 Å². The Morgan fingerprint density at radius 2 is 2.17 bits per heavy atom. The average molecular weight is 307 g/mol. The number of nitrogens with two attached hydrogens (primary N) is 1. The van der Waals surface area contributed by atoms with Gasteiger partial charge in [0, 0.05) is 13.5 Å². The molecule has 2 N–H and O–H groups in total. The van der Waals surface area contributed by atoms with Gasteiger partial charge in [-0.15, -0.1) is 0 Å². The number of nitrogens with zero attached hydrogens (tertiary/aromatic N) is 3. The molecule has 18 heavy (non-hydrogen) atoms. The van der Waals surface area contributed by atoms with Crippen molar-refractivity contribution in [2.24, 2.45) is 12.8 Å². The van der Waals surface area contributed by atoms with Crippen LogP contribution in [0.25, 0.3) is 16.8 Å². The van der Waals surface area contributed by atoms with Crippen molar-refractivity contribution in [1.29, 1.82) is 0 Å². The first-order chi connectivity index (χ1) is 8.65. The predicted molar refractivity (Wildman–Crippen MR) is 76.9 cm³/mol. The van der Waals surface area contributed by atoms with Crippen molar-refractivity contribution < 1.29 is 0 Å². The first-order valence-electron chi connectivity index (χ1n) is 5.96. The fourth-order valence-electron chi connectivity index (χ4n) is 2.44. The number of hydrogen-bond donors (Lipinski definition) is 1.